The van der Waals surface area contributed by atoms with E-state index in [-0.39, 0.29) is 6.61 Å². The van der Waals surface area contributed by atoms with Gasteiger partial charge in [-0.2, -0.15) is 0 Å². The predicted molar refractivity (Wildman–Crippen MR) is 58.5 cm³/mol. The lowest BCUT2D eigenvalue weighted by Crippen LogP contribution is -1.86. The highest BCUT2D eigenvalue weighted by Gasteiger charge is 1.99. The van der Waals surface area contributed by atoms with E-state index in [1.807, 2.05) is 30.3 Å². The van der Waals surface area contributed by atoms with E-state index in [2.05, 4.69) is 9.97 Å². The van der Waals surface area contributed by atoms with E-state index >= 15 is 0 Å². The molecule has 0 aromatic carbocycles. The van der Waals surface area contributed by atoms with Crippen LogP contribution < -0.4 is 0 Å². The van der Waals surface area contributed by atoms with Crippen molar-refractivity contribution in [2.75, 3.05) is 0 Å². The smallest absolute Gasteiger partial charge is 0.102 e. The van der Waals surface area contributed by atoms with Gasteiger partial charge in [-0.3, -0.25) is 0 Å². The molecule has 0 saturated heterocycles. The van der Waals surface area contributed by atoms with E-state index in [1.54, 1.807) is 12.4 Å². The van der Waals surface area contributed by atoms with Crippen molar-refractivity contribution in [3.63, 3.8) is 0 Å². The summed E-state index contributed by atoms with van der Waals surface area (Å²) in [6.45, 7) is 0.0293. The van der Waals surface area contributed by atoms with E-state index in [0.29, 0.717) is 0 Å². The molecule has 1 N–H and O–H groups in total. The normalized spacial score (nSPS) is 10.2. The molecule has 2 aromatic rings. The van der Waals surface area contributed by atoms with E-state index in [0.717, 1.165) is 15.6 Å². The second-order valence-electron chi connectivity index (χ2n) is 2.93. The van der Waals surface area contributed by atoms with Crippen molar-refractivity contribution in [2.45, 2.75) is 16.7 Å². The number of hydrogen-bond donors (Lipinski definition) is 1. The van der Waals surface area contributed by atoms with Crippen molar-refractivity contribution >= 4 is 11.8 Å². The van der Waals surface area contributed by atoms with Crippen molar-refractivity contribution < 1.29 is 5.11 Å². The summed E-state index contributed by atoms with van der Waals surface area (Å²) in [6.07, 6.45) is 3.43. The fourth-order valence-electron chi connectivity index (χ4n) is 1.08. The summed E-state index contributed by atoms with van der Waals surface area (Å²) in [4.78, 5) is 8.40. The molecule has 2 heterocycles. The number of rotatable bonds is 3. The molecule has 0 atom stereocenters. The van der Waals surface area contributed by atoms with Gasteiger partial charge in [0.15, 0.2) is 0 Å². The summed E-state index contributed by atoms with van der Waals surface area (Å²) < 4.78 is 0. The summed E-state index contributed by atoms with van der Waals surface area (Å²) in [6, 6.07) is 9.50. The van der Waals surface area contributed by atoms with Gasteiger partial charge in [0.25, 0.3) is 0 Å². The second kappa shape index (κ2) is 4.91. The molecular formula is C11H10N2OS. The summed E-state index contributed by atoms with van der Waals surface area (Å²) >= 11 is 1.50. The molecule has 0 aliphatic rings. The first-order valence-corrected chi connectivity index (χ1v) is 5.35. The van der Waals surface area contributed by atoms with Gasteiger partial charge >= 0.3 is 0 Å². The van der Waals surface area contributed by atoms with Crippen LogP contribution in [0.15, 0.2) is 52.8 Å². The summed E-state index contributed by atoms with van der Waals surface area (Å²) in [7, 11) is 0. The lowest BCUT2D eigenvalue weighted by atomic mass is 10.3. The van der Waals surface area contributed by atoms with Gasteiger partial charge in [-0.05, 0) is 23.8 Å². The summed E-state index contributed by atoms with van der Waals surface area (Å²) in [5.74, 6) is 0. The minimum Gasteiger partial charge on any atom is -0.392 e. The van der Waals surface area contributed by atoms with Gasteiger partial charge in [0.2, 0.25) is 0 Å². The van der Waals surface area contributed by atoms with Crippen LogP contribution in [0, 0.1) is 0 Å². The molecule has 76 valence electrons. The molecule has 0 aliphatic carbocycles. The molecule has 2 rings (SSSR count). The highest BCUT2D eigenvalue weighted by Crippen LogP contribution is 2.23. The maximum atomic E-state index is 8.86. The number of pyridine rings is 2. The van der Waals surface area contributed by atoms with Crippen LogP contribution in [0.1, 0.15) is 5.56 Å². The number of aromatic nitrogens is 2. The van der Waals surface area contributed by atoms with Crippen LogP contribution >= 0.6 is 11.8 Å². The number of hydrogen-bond acceptors (Lipinski definition) is 4. The van der Waals surface area contributed by atoms with Crippen molar-refractivity contribution in [1.82, 2.24) is 9.97 Å². The lowest BCUT2D eigenvalue weighted by Gasteiger charge is -2.00. The zero-order valence-electron chi connectivity index (χ0n) is 8.00. The quantitative estimate of drug-likeness (QED) is 0.857. The van der Waals surface area contributed by atoms with Crippen molar-refractivity contribution in [3.05, 3.63) is 48.3 Å². The van der Waals surface area contributed by atoms with E-state index < -0.39 is 0 Å². The van der Waals surface area contributed by atoms with E-state index in [9.17, 15) is 0 Å². The average Bonchev–Trinajstić information content (AvgIpc) is 2.31. The first kappa shape index (κ1) is 10.1. The molecule has 0 spiro atoms. The van der Waals surface area contributed by atoms with Crippen LogP contribution in [0.3, 0.4) is 0 Å². The third-order valence-electron chi connectivity index (χ3n) is 1.83. The van der Waals surface area contributed by atoms with Gasteiger partial charge in [0.05, 0.1) is 6.61 Å². The van der Waals surface area contributed by atoms with Crippen LogP contribution in [0.4, 0.5) is 0 Å². The third-order valence-corrected chi connectivity index (χ3v) is 2.73. The third kappa shape index (κ3) is 2.78. The van der Waals surface area contributed by atoms with Gasteiger partial charge in [-0.25, -0.2) is 9.97 Å². The topological polar surface area (TPSA) is 46.0 Å². The number of nitrogens with zero attached hydrogens (tertiary/aromatic N) is 2. The average molecular weight is 218 g/mol. The van der Waals surface area contributed by atoms with E-state index in [1.165, 1.54) is 11.8 Å². The molecule has 0 amide bonds. The monoisotopic (exact) mass is 218 g/mol. The Hall–Kier alpha value is -1.39. The zero-order valence-corrected chi connectivity index (χ0v) is 8.81. The minimum atomic E-state index is 0.0293. The Kier molecular flexibility index (Phi) is 3.32. The molecule has 0 fully saturated rings. The standard InChI is InChI=1S/C11H10N2OS/c14-8-9-4-5-11(13-7-9)15-10-3-1-2-6-12-10/h1-7,14H,8H2. The minimum absolute atomic E-state index is 0.0293. The van der Waals surface area contributed by atoms with Crippen LogP contribution in [-0.4, -0.2) is 15.1 Å². The maximum absolute atomic E-state index is 8.86. The first-order valence-electron chi connectivity index (χ1n) is 4.53. The largest absolute Gasteiger partial charge is 0.392 e. The Morgan fingerprint density at radius 2 is 1.93 bits per heavy atom. The highest BCUT2D eigenvalue weighted by atomic mass is 32.2. The fraction of sp³-hybridized carbons (Fsp3) is 0.0909. The molecule has 3 nitrogen and oxygen atoms in total. The van der Waals surface area contributed by atoms with Gasteiger partial charge < -0.3 is 5.11 Å². The zero-order chi connectivity index (χ0) is 10.5. The molecule has 0 radical (unpaired) electrons. The van der Waals surface area contributed by atoms with Crippen LogP contribution in [-0.2, 0) is 6.61 Å². The molecule has 15 heavy (non-hydrogen) atoms. The van der Waals surface area contributed by atoms with Gasteiger partial charge in [-0.15, -0.1) is 0 Å². The van der Waals surface area contributed by atoms with Crippen LogP contribution in [0.5, 0.6) is 0 Å². The van der Waals surface area contributed by atoms with Gasteiger partial charge in [0, 0.05) is 12.4 Å². The second-order valence-corrected chi connectivity index (χ2v) is 3.97. The Labute approximate surface area is 92.2 Å². The van der Waals surface area contributed by atoms with Crippen LogP contribution in [0.25, 0.3) is 0 Å². The summed E-state index contributed by atoms with van der Waals surface area (Å²) in [5, 5.41) is 10.7. The van der Waals surface area contributed by atoms with E-state index in [4.69, 9.17) is 5.11 Å². The first-order chi connectivity index (χ1) is 7.38. The van der Waals surface area contributed by atoms with Crippen molar-refractivity contribution in [3.8, 4) is 0 Å². The van der Waals surface area contributed by atoms with Gasteiger partial charge in [0.1, 0.15) is 10.1 Å². The molecule has 0 bridgehead atoms. The molecule has 0 saturated carbocycles. The van der Waals surface area contributed by atoms with Crippen molar-refractivity contribution in [1.29, 1.82) is 0 Å². The Morgan fingerprint density at radius 1 is 1.07 bits per heavy atom. The molecular weight excluding hydrogens is 208 g/mol. The van der Waals surface area contributed by atoms with Crippen LogP contribution in [0.2, 0.25) is 0 Å². The number of aliphatic hydroxyl groups is 1. The Morgan fingerprint density at radius 3 is 2.53 bits per heavy atom. The molecule has 2 aromatic heterocycles. The number of aliphatic hydroxyl groups excluding tert-OH is 1. The highest BCUT2D eigenvalue weighted by molar-refractivity contribution is 7.99. The van der Waals surface area contributed by atoms with Gasteiger partial charge in [-0.1, -0.05) is 23.9 Å². The molecule has 0 unspecified atom stereocenters. The predicted octanol–water partition coefficient (Wildman–Crippen LogP) is 2.12. The Bertz CT molecular complexity index is 416. The Balaban J connectivity index is 2.11. The maximum Gasteiger partial charge on any atom is 0.102 e. The molecule has 0 aliphatic heterocycles. The fourth-order valence-corrected chi connectivity index (χ4v) is 1.80. The van der Waals surface area contributed by atoms with Crippen molar-refractivity contribution in [2.24, 2.45) is 0 Å². The summed E-state index contributed by atoms with van der Waals surface area (Å²) in [5.41, 5.74) is 0.820. The molecule has 4 heteroatoms. The SMILES string of the molecule is OCc1ccc(Sc2ccccn2)nc1. The lowest BCUT2D eigenvalue weighted by molar-refractivity contribution is 0.281.